The Balaban J connectivity index is 2.29. The van der Waals surface area contributed by atoms with E-state index in [9.17, 15) is 10.4 Å². The van der Waals surface area contributed by atoms with Crippen molar-refractivity contribution >= 4 is 0 Å². The van der Waals surface area contributed by atoms with Crippen LogP contribution in [-0.2, 0) is 12.8 Å². The summed E-state index contributed by atoms with van der Waals surface area (Å²) in [5.41, 5.74) is 2.18. The van der Waals surface area contributed by atoms with Crippen LogP contribution in [0.3, 0.4) is 0 Å². The highest BCUT2D eigenvalue weighted by Gasteiger charge is 2.31. The first-order valence-corrected chi connectivity index (χ1v) is 10.4. The summed E-state index contributed by atoms with van der Waals surface area (Å²) in [5.74, 6) is 0.687. The SMILES string of the molecule is CC(C)CC(Cc1ccccc1)/[N+]([O-])=[N+](\[O-])C(Cc1ccccc1)CC(C)C. The molecule has 28 heavy (non-hydrogen) atoms. The molecule has 0 aromatic heterocycles. The molecule has 2 aromatic carbocycles. The molecular weight excluding hydrogens is 348 g/mol. The molecule has 0 aliphatic heterocycles. The Labute approximate surface area is 169 Å². The fraction of sp³-hybridized carbons (Fsp3) is 0.500. The third kappa shape index (κ3) is 6.99. The Bertz CT molecular complexity index is 663. The van der Waals surface area contributed by atoms with Crippen molar-refractivity contribution in [2.24, 2.45) is 11.8 Å². The van der Waals surface area contributed by atoms with E-state index in [0.29, 0.717) is 47.2 Å². The summed E-state index contributed by atoms with van der Waals surface area (Å²) >= 11 is 0. The number of azo groups is 1. The second-order valence-corrected chi connectivity index (χ2v) is 8.55. The van der Waals surface area contributed by atoms with E-state index in [1.165, 1.54) is 0 Å². The normalized spacial score (nSPS) is 14.8. The average molecular weight is 383 g/mol. The van der Waals surface area contributed by atoms with Gasteiger partial charge in [0, 0.05) is 35.4 Å². The zero-order valence-corrected chi connectivity index (χ0v) is 17.6. The molecule has 0 aliphatic carbocycles. The number of hydrogen-bond acceptors (Lipinski definition) is 2. The van der Waals surface area contributed by atoms with Crippen molar-refractivity contribution < 1.29 is 9.72 Å². The summed E-state index contributed by atoms with van der Waals surface area (Å²) in [7, 11) is 0. The Morgan fingerprint density at radius 2 is 0.929 bits per heavy atom. The van der Waals surface area contributed by atoms with E-state index < -0.39 is 0 Å². The highest BCUT2D eigenvalue weighted by atomic mass is 16.6. The molecule has 152 valence electrons. The van der Waals surface area contributed by atoms with Crippen LogP contribution in [0.25, 0.3) is 0 Å². The van der Waals surface area contributed by atoms with Crippen molar-refractivity contribution in [1.82, 2.24) is 0 Å². The van der Waals surface area contributed by atoms with Crippen LogP contribution in [0.1, 0.15) is 51.7 Å². The maximum atomic E-state index is 13.1. The number of rotatable bonds is 10. The minimum atomic E-state index is -0.356. The molecule has 0 amide bonds. The Morgan fingerprint density at radius 1 is 0.607 bits per heavy atom. The summed E-state index contributed by atoms with van der Waals surface area (Å²) in [6.45, 7) is 8.38. The molecule has 0 saturated heterocycles. The maximum absolute atomic E-state index is 13.1. The van der Waals surface area contributed by atoms with E-state index >= 15 is 0 Å². The number of benzene rings is 2. The number of nitrogens with zero attached hydrogens (tertiary/aromatic N) is 2. The van der Waals surface area contributed by atoms with E-state index in [4.69, 9.17) is 0 Å². The Hall–Kier alpha value is -2.36. The second kappa shape index (κ2) is 10.8. The second-order valence-electron chi connectivity index (χ2n) is 8.55. The monoisotopic (exact) mass is 382 g/mol. The lowest BCUT2D eigenvalue weighted by Crippen LogP contribution is -2.38. The van der Waals surface area contributed by atoms with Gasteiger partial charge < -0.3 is 10.4 Å². The van der Waals surface area contributed by atoms with E-state index in [2.05, 4.69) is 27.7 Å². The molecule has 0 radical (unpaired) electrons. The van der Waals surface area contributed by atoms with E-state index in [-0.39, 0.29) is 12.1 Å². The predicted molar refractivity (Wildman–Crippen MR) is 114 cm³/mol. The van der Waals surface area contributed by atoms with Crippen LogP contribution in [0.2, 0.25) is 0 Å². The average Bonchev–Trinajstić information content (AvgIpc) is 2.67. The molecular formula is C24H34N2O2. The standard InChI is InChI=1S/C24H34N2O2/c1-19(2)15-23(17-21-11-7-5-8-12-21)25(27)26(28)24(16-20(3)4)18-22-13-9-6-10-14-22/h5-14,19-20,23-24H,15-18H2,1-4H3/b26-25+. The molecule has 0 fully saturated rings. The van der Waals surface area contributed by atoms with E-state index in [1.54, 1.807) is 0 Å². The third-order valence-corrected chi connectivity index (χ3v) is 4.93. The molecule has 4 heteroatoms. The summed E-state index contributed by atoms with van der Waals surface area (Å²) in [4.78, 5) is 1.42. The first-order chi connectivity index (χ1) is 13.4. The van der Waals surface area contributed by atoms with Crippen LogP contribution in [0, 0.1) is 22.3 Å². The number of hydroxylamine groups is 2. The van der Waals surface area contributed by atoms with Crippen LogP contribution in [-0.4, -0.2) is 21.8 Å². The molecule has 2 atom stereocenters. The van der Waals surface area contributed by atoms with Crippen LogP contribution in [0.4, 0.5) is 0 Å². The van der Waals surface area contributed by atoms with Gasteiger partial charge in [-0.25, -0.2) is 0 Å². The summed E-state index contributed by atoms with van der Waals surface area (Å²) in [6, 6.07) is 19.2. The van der Waals surface area contributed by atoms with Crippen LogP contribution < -0.4 is 0 Å². The zero-order valence-electron chi connectivity index (χ0n) is 17.6. The van der Waals surface area contributed by atoms with Crippen molar-refractivity contribution in [3.05, 3.63) is 82.2 Å². The first kappa shape index (κ1) is 21.9. The van der Waals surface area contributed by atoms with Gasteiger partial charge in [-0.05, 0) is 23.0 Å². The van der Waals surface area contributed by atoms with Gasteiger partial charge in [0.15, 0.2) is 0 Å². The summed E-state index contributed by atoms with van der Waals surface area (Å²) < 4.78 is 0. The minimum absolute atomic E-state index is 0.344. The molecule has 2 aromatic rings. The minimum Gasteiger partial charge on any atom is -0.567 e. The highest BCUT2D eigenvalue weighted by molar-refractivity contribution is 5.16. The molecule has 0 bridgehead atoms. The fourth-order valence-electron chi connectivity index (χ4n) is 3.69. The smallest absolute Gasteiger partial charge is 0.233 e. The summed E-state index contributed by atoms with van der Waals surface area (Å²) in [5, 5.41) is 26.3. The van der Waals surface area contributed by atoms with Crippen molar-refractivity contribution in [1.29, 1.82) is 0 Å². The van der Waals surface area contributed by atoms with Crippen molar-refractivity contribution in [2.45, 2.75) is 65.5 Å². The molecule has 2 unspecified atom stereocenters. The van der Waals surface area contributed by atoms with Crippen molar-refractivity contribution in [3.63, 3.8) is 0 Å². The highest BCUT2D eigenvalue weighted by Crippen LogP contribution is 2.18. The maximum Gasteiger partial charge on any atom is 0.233 e. The van der Waals surface area contributed by atoms with Gasteiger partial charge in [0.25, 0.3) is 0 Å². The Kier molecular flexibility index (Phi) is 8.49. The van der Waals surface area contributed by atoms with E-state index in [0.717, 1.165) is 11.1 Å². The topological polar surface area (TPSA) is 52.1 Å². The molecule has 0 aliphatic rings. The van der Waals surface area contributed by atoms with Gasteiger partial charge in [0.2, 0.25) is 12.1 Å². The van der Waals surface area contributed by atoms with Crippen molar-refractivity contribution in [2.75, 3.05) is 0 Å². The van der Waals surface area contributed by atoms with Gasteiger partial charge in [0.1, 0.15) is 0 Å². The van der Waals surface area contributed by atoms with Gasteiger partial charge >= 0.3 is 0 Å². The lowest BCUT2D eigenvalue weighted by Gasteiger charge is -2.21. The van der Waals surface area contributed by atoms with Crippen LogP contribution in [0.15, 0.2) is 60.7 Å². The fourth-order valence-corrected chi connectivity index (χ4v) is 3.69. The lowest BCUT2D eigenvalue weighted by molar-refractivity contribution is -0.997. The van der Waals surface area contributed by atoms with Gasteiger partial charge in [0.05, 0.1) is 0 Å². The summed E-state index contributed by atoms with van der Waals surface area (Å²) in [6.07, 6.45) is 2.55. The third-order valence-electron chi connectivity index (χ3n) is 4.93. The van der Waals surface area contributed by atoms with Gasteiger partial charge in [-0.2, -0.15) is 0 Å². The van der Waals surface area contributed by atoms with E-state index in [1.807, 2.05) is 60.7 Å². The first-order valence-electron chi connectivity index (χ1n) is 10.4. The zero-order chi connectivity index (χ0) is 20.5. The van der Waals surface area contributed by atoms with Gasteiger partial charge in [-0.1, -0.05) is 88.4 Å². The molecule has 2 rings (SSSR count). The van der Waals surface area contributed by atoms with Crippen LogP contribution >= 0.6 is 0 Å². The van der Waals surface area contributed by atoms with Crippen LogP contribution in [0.5, 0.6) is 0 Å². The van der Waals surface area contributed by atoms with Gasteiger partial charge in [-0.15, -0.1) is 0 Å². The number of hydrogen-bond donors (Lipinski definition) is 0. The molecule has 0 spiro atoms. The largest absolute Gasteiger partial charge is 0.567 e. The van der Waals surface area contributed by atoms with Crippen molar-refractivity contribution in [3.8, 4) is 0 Å². The van der Waals surface area contributed by atoms with Gasteiger partial charge in [-0.3, -0.25) is 0 Å². The predicted octanol–water partition coefficient (Wildman–Crippen LogP) is 5.77. The quantitative estimate of drug-likeness (QED) is 0.297. The molecule has 0 heterocycles. The molecule has 4 nitrogen and oxygen atoms in total. The molecule has 0 saturated carbocycles. The lowest BCUT2D eigenvalue weighted by atomic mass is 9.97. The molecule has 0 N–H and O–H groups in total. The Morgan fingerprint density at radius 3 is 1.21 bits per heavy atom.